The lowest BCUT2D eigenvalue weighted by Gasteiger charge is -2.12. The largest absolute Gasteiger partial charge is 0.144 e. The molecule has 0 amide bonds. The Morgan fingerprint density at radius 1 is 1.06 bits per heavy atom. The Labute approximate surface area is 106 Å². The molecule has 2 heteroatoms. The zero-order valence-corrected chi connectivity index (χ0v) is 11.3. The second-order valence-electron chi connectivity index (χ2n) is 4.17. The van der Waals surface area contributed by atoms with Gasteiger partial charge < -0.3 is 0 Å². The Morgan fingerprint density at radius 3 is 2.44 bits per heavy atom. The van der Waals surface area contributed by atoms with Crippen LogP contribution in [0.3, 0.4) is 0 Å². The van der Waals surface area contributed by atoms with E-state index >= 15 is 0 Å². The lowest BCUT2D eigenvalue weighted by atomic mass is 10.0. The summed E-state index contributed by atoms with van der Waals surface area (Å²) in [5.74, 6) is 0. The lowest BCUT2D eigenvalue weighted by molar-refractivity contribution is 1.13. The van der Waals surface area contributed by atoms with E-state index in [9.17, 15) is 0 Å². The monoisotopic (exact) mass is 250 g/mol. The Bertz CT molecular complexity index is 499. The Balaban J connectivity index is 2.40. The van der Waals surface area contributed by atoms with Crippen LogP contribution in [0, 0.1) is 20.8 Å². The van der Waals surface area contributed by atoms with E-state index in [1.165, 1.54) is 26.4 Å². The molecule has 0 fully saturated rings. The number of alkyl halides is 1. The van der Waals surface area contributed by atoms with Crippen LogP contribution in [0.15, 0.2) is 30.3 Å². The summed E-state index contributed by atoms with van der Waals surface area (Å²) in [4.78, 5) is 2.54. The molecule has 2 aromatic rings. The molecule has 0 aliphatic heterocycles. The molecule has 1 heterocycles. The fourth-order valence-corrected chi connectivity index (χ4v) is 3.09. The van der Waals surface area contributed by atoms with Gasteiger partial charge in [-0.05, 0) is 44.0 Å². The molecule has 1 aromatic heterocycles. The molecule has 16 heavy (non-hydrogen) atoms. The number of thiophene rings is 1. The van der Waals surface area contributed by atoms with E-state index in [0.717, 1.165) is 0 Å². The van der Waals surface area contributed by atoms with Gasteiger partial charge in [0.25, 0.3) is 0 Å². The molecule has 0 saturated carbocycles. The van der Waals surface area contributed by atoms with Crippen LogP contribution in [0.25, 0.3) is 0 Å². The van der Waals surface area contributed by atoms with Crippen LogP contribution in [0.5, 0.6) is 0 Å². The average Bonchev–Trinajstić information content (AvgIpc) is 2.67. The first-order valence-corrected chi connectivity index (χ1v) is 6.61. The maximum Gasteiger partial charge on any atom is 0.0930 e. The fraction of sp³-hybridized carbons (Fsp3) is 0.286. The van der Waals surface area contributed by atoms with Gasteiger partial charge in [0.2, 0.25) is 0 Å². The minimum atomic E-state index is -0.0152. The molecule has 0 aliphatic rings. The van der Waals surface area contributed by atoms with Gasteiger partial charge >= 0.3 is 0 Å². The molecule has 1 unspecified atom stereocenters. The van der Waals surface area contributed by atoms with Crippen LogP contribution in [-0.4, -0.2) is 0 Å². The zero-order chi connectivity index (χ0) is 11.7. The van der Waals surface area contributed by atoms with Crippen LogP contribution in [0.2, 0.25) is 0 Å². The topological polar surface area (TPSA) is 0 Å². The highest BCUT2D eigenvalue weighted by molar-refractivity contribution is 7.12. The zero-order valence-electron chi connectivity index (χ0n) is 9.75. The fourth-order valence-electron chi connectivity index (χ4n) is 1.78. The molecule has 1 atom stereocenters. The van der Waals surface area contributed by atoms with E-state index in [1.807, 2.05) is 0 Å². The van der Waals surface area contributed by atoms with Crippen LogP contribution >= 0.6 is 22.9 Å². The van der Waals surface area contributed by atoms with E-state index in [2.05, 4.69) is 51.1 Å². The van der Waals surface area contributed by atoms with Gasteiger partial charge in [0, 0.05) is 9.75 Å². The van der Waals surface area contributed by atoms with Gasteiger partial charge in [-0.3, -0.25) is 0 Å². The highest BCUT2D eigenvalue weighted by Crippen LogP contribution is 2.35. The van der Waals surface area contributed by atoms with Crippen molar-refractivity contribution in [3.05, 3.63) is 56.8 Å². The lowest BCUT2D eigenvalue weighted by Crippen LogP contribution is -1.94. The summed E-state index contributed by atoms with van der Waals surface area (Å²) in [7, 11) is 0. The average molecular weight is 251 g/mol. The van der Waals surface area contributed by atoms with Gasteiger partial charge in [-0.1, -0.05) is 23.8 Å². The summed E-state index contributed by atoms with van der Waals surface area (Å²) in [6.45, 7) is 6.33. The van der Waals surface area contributed by atoms with Crippen molar-refractivity contribution in [1.82, 2.24) is 0 Å². The third kappa shape index (κ3) is 2.31. The minimum Gasteiger partial charge on any atom is -0.144 e. The molecular weight excluding hydrogens is 236 g/mol. The normalized spacial score (nSPS) is 12.8. The van der Waals surface area contributed by atoms with Crippen molar-refractivity contribution in [2.24, 2.45) is 0 Å². The first kappa shape index (κ1) is 11.7. The van der Waals surface area contributed by atoms with Crippen molar-refractivity contribution in [3.8, 4) is 0 Å². The molecule has 1 aromatic carbocycles. The predicted molar refractivity (Wildman–Crippen MR) is 72.7 cm³/mol. The number of hydrogen-bond acceptors (Lipinski definition) is 1. The highest BCUT2D eigenvalue weighted by atomic mass is 35.5. The van der Waals surface area contributed by atoms with Crippen molar-refractivity contribution in [2.45, 2.75) is 26.1 Å². The van der Waals surface area contributed by atoms with Gasteiger partial charge in [-0.25, -0.2) is 0 Å². The van der Waals surface area contributed by atoms with E-state index in [0.29, 0.717) is 0 Å². The third-order valence-corrected chi connectivity index (χ3v) is 4.38. The van der Waals surface area contributed by atoms with Gasteiger partial charge in [-0.2, -0.15) is 0 Å². The Kier molecular flexibility index (Phi) is 3.36. The third-order valence-electron chi connectivity index (χ3n) is 2.72. The van der Waals surface area contributed by atoms with Crippen LogP contribution in [-0.2, 0) is 0 Å². The maximum atomic E-state index is 6.53. The number of halogens is 1. The quantitative estimate of drug-likeness (QED) is 0.658. The van der Waals surface area contributed by atoms with Gasteiger partial charge in [-0.15, -0.1) is 22.9 Å². The second-order valence-corrected chi connectivity index (χ2v) is 5.93. The second kappa shape index (κ2) is 4.60. The molecule has 0 aliphatic carbocycles. The highest BCUT2D eigenvalue weighted by Gasteiger charge is 2.14. The first-order valence-electron chi connectivity index (χ1n) is 5.35. The molecule has 2 rings (SSSR count). The maximum absolute atomic E-state index is 6.53. The molecule has 0 saturated heterocycles. The van der Waals surface area contributed by atoms with Crippen molar-refractivity contribution in [2.75, 3.05) is 0 Å². The molecule has 0 N–H and O–H groups in total. The van der Waals surface area contributed by atoms with E-state index < -0.39 is 0 Å². The summed E-state index contributed by atoms with van der Waals surface area (Å²) in [6, 6.07) is 10.7. The van der Waals surface area contributed by atoms with Gasteiger partial charge in [0.1, 0.15) is 0 Å². The number of hydrogen-bond donors (Lipinski definition) is 0. The minimum absolute atomic E-state index is 0.0152. The predicted octanol–water partition coefficient (Wildman–Crippen LogP) is 5.00. The number of rotatable bonds is 2. The first-order chi connectivity index (χ1) is 7.58. The summed E-state index contributed by atoms with van der Waals surface area (Å²) >= 11 is 8.31. The molecular formula is C14H15ClS. The van der Waals surface area contributed by atoms with Crippen molar-refractivity contribution in [1.29, 1.82) is 0 Å². The van der Waals surface area contributed by atoms with Crippen molar-refractivity contribution >= 4 is 22.9 Å². The van der Waals surface area contributed by atoms with Gasteiger partial charge in [0.15, 0.2) is 0 Å². The SMILES string of the molecule is Cc1ccc(C)c(C(Cl)c2ccc(C)s2)c1. The Morgan fingerprint density at radius 2 is 1.81 bits per heavy atom. The molecule has 84 valence electrons. The van der Waals surface area contributed by atoms with Crippen molar-refractivity contribution in [3.63, 3.8) is 0 Å². The molecule has 0 radical (unpaired) electrons. The van der Waals surface area contributed by atoms with Crippen LogP contribution in [0.4, 0.5) is 0 Å². The van der Waals surface area contributed by atoms with Gasteiger partial charge in [0.05, 0.1) is 5.38 Å². The summed E-state index contributed by atoms with van der Waals surface area (Å²) in [5, 5.41) is -0.0152. The Hall–Kier alpha value is -0.790. The van der Waals surface area contributed by atoms with E-state index in [-0.39, 0.29) is 5.38 Å². The summed E-state index contributed by atoms with van der Waals surface area (Å²) in [6.07, 6.45) is 0. The number of aryl methyl sites for hydroxylation is 3. The van der Waals surface area contributed by atoms with Crippen LogP contribution in [0.1, 0.15) is 31.8 Å². The molecule has 0 spiro atoms. The summed E-state index contributed by atoms with van der Waals surface area (Å²) in [5.41, 5.74) is 3.75. The van der Waals surface area contributed by atoms with E-state index in [1.54, 1.807) is 11.3 Å². The van der Waals surface area contributed by atoms with Crippen molar-refractivity contribution < 1.29 is 0 Å². The standard InChI is InChI=1S/C14H15ClS/c1-9-4-5-10(2)12(8-9)14(15)13-7-6-11(3)16-13/h4-8,14H,1-3H3. The van der Waals surface area contributed by atoms with Crippen LogP contribution < -0.4 is 0 Å². The smallest absolute Gasteiger partial charge is 0.0930 e. The molecule has 0 nitrogen and oxygen atoms in total. The molecule has 0 bridgehead atoms. The summed E-state index contributed by atoms with van der Waals surface area (Å²) < 4.78 is 0. The number of benzene rings is 1. The van der Waals surface area contributed by atoms with E-state index in [4.69, 9.17) is 11.6 Å².